The zero-order valence-electron chi connectivity index (χ0n) is 18.3. The van der Waals surface area contributed by atoms with Gasteiger partial charge in [0.15, 0.2) is 0 Å². The minimum Gasteiger partial charge on any atom is -0.495 e. The molecule has 10 heteroatoms. The number of para-hydroxylation sites is 2. The Kier molecular flexibility index (Phi) is 6.58. The predicted molar refractivity (Wildman–Crippen MR) is 116 cm³/mol. The average Bonchev–Trinajstić information content (AvgIpc) is 3.19. The summed E-state index contributed by atoms with van der Waals surface area (Å²) < 4.78 is 16.4. The first-order valence-corrected chi connectivity index (χ1v) is 10.6. The summed E-state index contributed by atoms with van der Waals surface area (Å²) in [6, 6.07) is 7.18. The Morgan fingerprint density at radius 1 is 1.09 bits per heavy atom. The van der Waals surface area contributed by atoms with E-state index in [0.29, 0.717) is 49.4 Å². The van der Waals surface area contributed by atoms with Crippen LogP contribution in [0.3, 0.4) is 0 Å². The largest absolute Gasteiger partial charge is 0.495 e. The van der Waals surface area contributed by atoms with Gasteiger partial charge >= 0.3 is 6.03 Å². The predicted octanol–water partition coefficient (Wildman–Crippen LogP) is 1.81. The van der Waals surface area contributed by atoms with Gasteiger partial charge in [0.25, 0.3) is 0 Å². The van der Waals surface area contributed by atoms with Crippen molar-refractivity contribution in [2.45, 2.75) is 18.9 Å². The minimum absolute atomic E-state index is 0.0379. The number of piperidine rings is 1. The molecule has 2 aromatic rings. The molecule has 1 unspecified atom stereocenters. The van der Waals surface area contributed by atoms with Crippen LogP contribution >= 0.6 is 0 Å². The number of carbonyl (C=O) groups excluding carboxylic acids is 2. The SMILES string of the molecule is COc1cncc(OC2CCCN(C(=O)CN3CCN(c4ccccc4OC)C3=O)C2)n1. The van der Waals surface area contributed by atoms with Crippen LogP contribution in [-0.4, -0.2) is 84.8 Å². The molecule has 0 spiro atoms. The lowest BCUT2D eigenvalue weighted by molar-refractivity contribution is -0.134. The van der Waals surface area contributed by atoms with Gasteiger partial charge in [-0.3, -0.25) is 14.7 Å². The summed E-state index contributed by atoms with van der Waals surface area (Å²) in [6.07, 6.45) is 4.47. The van der Waals surface area contributed by atoms with E-state index < -0.39 is 0 Å². The highest BCUT2D eigenvalue weighted by atomic mass is 16.5. The number of carbonyl (C=O) groups is 2. The first-order chi connectivity index (χ1) is 15.6. The van der Waals surface area contributed by atoms with Gasteiger partial charge in [0.05, 0.1) is 38.8 Å². The number of ether oxygens (including phenoxy) is 3. The summed E-state index contributed by atoms with van der Waals surface area (Å²) in [4.78, 5) is 39.1. The van der Waals surface area contributed by atoms with Crippen LogP contribution in [0, 0.1) is 0 Å². The Bertz CT molecular complexity index is 971. The van der Waals surface area contributed by atoms with E-state index >= 15 is 0 Å². The molecule has 1 aromatic heterocycles. The number of benzene rings is 1. The van der Waals surface area contributed by atoms with E-state index in [4.69, 9.17) is 14.2 Å². The van der Waals surface area contributed by atoms with Gasteiger partial charge in [-0.05, 0) is 25.0 Å². The molecule has 10 nitrogen and oxygen atoms in total. The van der Waals surface area contributed by atoms with Crippen molar-refractivity contribution in [3.05, 3.63) is 36.7 Å². The molecular formula is C22H27N5O5. The van der Waals surface area contributed by atoms with E-state index in [1.165, 1.54) is 19.5 Å². The Hall–Kier alpha value is -3.56. The third-order valence-corrected chi connectivity index (χ3v) is 5.61. The van der Waals surface area contributed by atoms with Crippen LogP contribution in [0.15, 0.2) is 36.7 Å². The second-order valence-electron chi connectivity index (χ2n) is 7.65. The Balaban J connectivity index is 1.35. The van der Waals surface area contributed by atoms with Gasteiger partial charge in [-0.25, -0.2) is 4.79 Å². The van der Waals surface area contributed by atoms with Gasteiger partial charge in [-0.15, -0.1) is 0 Å². The van der Waals surface area contributed by atoms with Crippen molar-refractivity contribution in [2.75, 3.05) is 51.8 Å². The minimum atomic E-state index is -0.195. The molecule has 2 aliphatic rings. The van der Waals surface area contributed by atoms with E-state index in [0.717, 1.165) is 12.8 Å². The van der Waals surface area contributed by atoms with Gasteiger partial charge in [0.1, 0.15) is 18.4 Å². The normalized spacial score (nSPS) is 18.6. The van der Waals surface area contributed by atoms with Crippen LogP contribution in [-0.2, 0) is 4.79 Å². The van der Waals surface area contributed by atoms with Gasteiger partial charge in [-0.2, -0.15) is 4.98 Å². The van der Waals surface area contributed by atoms with Crippen LogP contribution < -0.4 is 19.1 Å². The topological polar surface area (TPSA) is 97.3 Å². The third-order valence-electron chi connectivity index (χ3n) is 5.61. The number of amides is 3. The summed E-state index contributed by atoms with van der Waals surface area (Å²) in [5.41, 5.74) is 0.709. The van der Waals surface area contributed by atoms with E-state index in [1.807, 2.05) is 24.3 Å². The van der Waals surface area contributed by atoms with Crippen molar-refractivity contribution in [1.82, 2.24) is 19.8 Å². The van der Waals surface area contributed by atoms with Crippen LogP contribution in [0.4, 0.5) is 10.5 Å². The summed E-state index contributed by atoms with van der Waals surface area (Å²) in [5, 5.41) is 0. The highest BCUT2D eigenvalue weighted by molar-refractivity contribution is 5.97. The number of aromatic nitrogens is 2. The van der Waals surface area contributed by atoms with E-state index in [1.54, 1.807) is 21.8 Å². The summed E-state index contributed by atoms with van der Waals surface area (Å²) in [6.45, 7) is 2.11. The zero-order chi connectivity index (χ0) is 22.5. The first kappa shape index (κ1) is 21.7. The van der Waals surface area contributed by atoms with Gasteiger partial charge in [0, 0.05) is 19.6 Å². The van der Waals surface area contributed by atoms with Gasteiger partial charge in [-0.1, -0.05) is 12.1 Å². The molecule has 0 saturated carbocycles. The molecule has 3 amide bonds. The number of rotatable bonds is 7. The summed E-state index contributed by atoms with van der Waals surface area (Å²) >= 11 is 0. The molecule has 1 atom stereocenters. The molecule has 1 aromatic carbocycles. The molecule has 0 radical (unpaired) electrons. The molecule has 3 heterocycles. The third kappa shape index (κ3) is 4.68. The quantitative estimate of drug-likeness (QED) is 0.646. The van der Waals surface area contributed by atoms with E-state index in [-0.39, 0.29) is 24.6 Å². The van der Waals surface area contributed by atoms with Crippen molar-refractivity contribution in [2.24, 2.45) is 0 Å². The second kappa shape index (κ2) is 9.71. The van der Waals surface area contributed by atoms with Crippen molar-refractivity contribution in [3.63, 3.8) is 0 Å². The molecule has 0 N–H and O–H groups in total. The molecule has 2 saturated heterocycles. The Labute approximate surface area is 186 Å². The monoisotopic (exact) mass is 441 g/mol. The molecule has 0 bridgehead atoms. The smallest absolute Gasteiger partial charge is 0.325 e. The van der Waals surface area contributed by atoms with Crippen molar-refractivity contribution < 1.29 is 23.8 Å². The fourth-order valence-electron chi connectivity index (χ4n) is 3.99. The van der Waals surface area contributed by atoms with Crippen molar-refractivity contribution in [1.29, 1.82) is 0 Å². The summed E-state index contributed by atoms with van der Waals surface area (Å²) in [5.74, 6) is 1.28. The lowest BCUT2D eigenvalue weighted by Gasteiger charge is -2.33. The molecule has 2 aliphatic heterocycles. The first-order valence-electron chi connectivity index (χ1n) is 10.6. The number of nitrogens with zero attached hydrogens (tertiary/aromatic N) is 5. The number of hydrogen-bond acceptors (Lipinski definition) is 7. The van der Waals surface area contributed by atoms with Crippen LogP contribution in [0.25, 0.3) is 0 Å². The second-order valence-corrected chi connectivity index (χ2v) is 7.65. The average molecular weight is 441 g/mol. The van der Waals surface area contributed by atoms with Gasteiger partial charge < -0.3 is 24.0 Å². The lowest BCUT2D eigenvalue weighted by atomic mass is 10.1. The Morgan fingerprint density at radius 2 is 1.91 bits per heavy atom. The molecule has 4 rings (SSSR count). The standard InChI is InChI=1S/C22H27N5O5/c1-30-18-8-4-3-7-17(18)27-11-10-26(22(27)29)15-21(28)25-9-5-6-16(14-25)32-20-13-23-12-19(24-20)31-2/h3-4,7-8,12-13,16H,5-6,9-11,14-15H2,1-2H3. The number of methoxy groups -OCH3 is 2. The zero-order valence-corrected chi connectivity index (χ0v) is 18.3. The number of urea groups is 1. The Morgan fingerprint density at radius 3 is 2.72 bits per heavy atom. The molecular weight excluding hydrogens is 414 g/mol. The highest BCUT2D eigenvalue weighted by Crippen LogP contribution is 2.30. The molecule has 170 valence electrons. The fraction of sp³-hybridized carbons (Fsp3) is 0.455. The maximum absolute atomic E-state index is 12.9. The number of hydrogen-bond donors (Lipinski definition) is 0. The number of anilines is 1. The van der Waals surface area contributed by atoms with Crippen molar-refractivity contribution in [3.8, 4) is 17.5 Å². The van der Waals surface area contributed by atoms with E-state index in [9.17, 15) is 9.59 Å². The van der Waals surface area contributed by atoms with Crippen LogP contribution in [0.2, 0.25) is 0 Å². The highest BCUT2D eigenvalue weighted by Gasteiger charge is 2.34. The van der Waals surface area contributed by atoms with E-state index in [2.05, 4.69) is 9.97 Å². The molecule has 2 fully saturated rings. The maximum atomic E-state index is 12.9. The van der Waals surface area contributed by atoms with Gasteiger partial charge in [0.2, 0.25) is 17.7 Å². The maximum Gasteiger partial charge on any atom is 0.325 e. The van der Waals surface area contributed by atoms with Crippen molar-refractivity contribution >= 4 is 17.6 Å². The molecule has 0 aliphatic carbocycles. The molecule has 32 heavy (non-hydrogen) atoms. The van der Waals surface area contributed by atoms with Crippen LogP contribution in [0.1, 0.15) is 12.8 Å². The fourth-order valence-corrected chi connectivity index (χ4v) is 3.99. The summed E-state index contributed by atoms with van der Waals surface area (Å²) in [7, 11) is 3.09. The van der Waals surface area contributed by atoms with Crippen LogP contribution in [0.5, 0.6) is 17.5 Å². The number of likely N-dealkylation sites (tertiary alicyclic amines) is 1. The lowest BCUT2D eigenvalue weighted by Crippen LogP contribution is -2.48.